The molecule has 0 amide bonds. The quantitative estimate of drug-likeness (QED) is 0.718. The summed E-state index contributed by atoms with van der Waals surface area (Å²) >= 11 is 0. The smallest absolute Gasteiger partial charge is 0.341 e. The fourth-order valence-corrected chi connectivity index (χ4v) is 4.82. The third kappa shape index (κ3) is 3.02. The lowest BCUT2D eigenvalue weighted by molar-refractivity contribution is 0.0692. The van der Waals surface area contributed by atoms with Crippen LogP contribution in [0.15, 0.2) is 35.2 Å². The Kier molecular flexibility index (Phi) is 4.08. The van der Waals surface area contributed by atoms with Gasteiger partial charge in [0, 0.05) is 12.5 Å². The van der Waals surface area contributed by atoms with Crippen molar-refractivity contribution in [3.05, 3.63) is 52.8 Å². The first-order valence-electron chi connectivity index (χ1n) is 8.36. The Bertz CT molecular complexity index is 1050. The summed E-state index contributed by atoms with van der Waals surface area (Å²) in [4.78, 5) is 11.6. The predicted molar refractivity (Wildman–Crippen MR) is 94.8 cm³/mol. The maximum Gasteiger partial charge on any atom is 0.341 e. The van der Waals surface area contributed by atoms with E-state index in [0.717, 1.165) is 30.2 Å². The number of carboxylic acid groups (broad SMARTS) is 1. The van der Waals surface area contributed by atoms with Crippen molar-refractivity contribution in [2.45, 2.75) is 23.8 Å². The van der Waals surface area contributed by atoms with Crippen LogP contribution in [0.4, 0.5) is 10.1 Å². The molecule has 4 N–H and O–H groups in total. The molecule has 1 heterocycles. The van der Waals surface area contributed by atoms with E-state index in [4.69, 9.17) is 10.5 Å². The molecular formula is C18H17FN2O5S. The highest BCUT2D eigenvalue weighted by Crippen LogP contribution is 2.55. The Hall–Kier alpha value is -2.65. The third-order valence-electron chi connectivity index (χ3n) is 4.94. The molecule has 0 spiro atoms. The number of aromatic carboxylic acids is 1. The van der Waals surface area contributed by atoms with Crippen molar-refractivity contribution in [2.24, 2.45) is 11.7 Å². The molecule has 142 valence electrons. The van der Waals surface area contributed by atoms with E-state index in [1.165, 1.54) is 6.07 Å². The van der Waals surface area contributed by atoms with Gasteiger partial charge in [0.1, 0.15) is 17.1 Å². The minimum Gasteiger partial charge on any atom is -0.492 e. The van der Waals surface area contributed by atoms with Crippen molar-refractivity contribution >= 4 is 21.7 Å². The average Bonchev–Trinajstić information content (AvgIpc) is 3.40. The zero-order valence-corrected chi connectivity index (χ0v) is 14.9. The second-order valence-corrected chi connectivity index (χ2v) is 8.34. The second-order valence-electron chi connectivity index (χ2n) is 6.69. The van der Waals surface area contributed by atoms with Crippen LogP contribution >= 0.6 is 0 Å². The number of rotatable bonds is 5. The summed E-state index contributed by atoms with van der Waals surface area (Å²) in [6, 6.07) is 6.27. The Labute approximate surface area is 155 Å². The number of nitrogens with one attached hydrogen (secondary N) is 1. The minimum absolute atomic E-state index is 0.0920. The second kappa shape index (κ2) is 6.21. The molecule has 0 radical (unpaired) electrons. The van der Waals surface area contributed by atoms with Crippen LogP contribution in [0.2, 0.25) is 0 Å². The average molecular weight is 392 g/mol. The van der Waals surface area contributed by atoms with Crippen molar-refractivity contribution in [1.82, 2.24) is 0 Å². The predicted octanol–water partition coefficient (Wildman–Crippen LogP) is 2.28. The number of hydrogen-bond donors (Lipinski definition) is 3. The van der Waals surface area contributed by atoms with Crippen molar-refractivity contribution in [2.75, 3.05) is 11.3 Å². The number of nitrogens with two attached hydrogens (primary N) is 1. The molecule has 2 atom stereocenters. The van der Waals surface area contributed by atoms with E-state index < -0.39 is 21.8 Å². The first-order valence-corrected chi connectivity index (χ1v) is 9.84. The SMILES string of the molecule is NCc1cc(F)ccc1S(=O)(=O)Nc1ccc2c(c1C(=O)O)OCC1CC21. The standard InChI is InChI=1S/C18H17FN2O5S/c19-11-1-4-15(9(5-11)7-20)27(24,25)21-14-3-2-12-13-6-10(13)8-26-17(12)16(14)18(22)23/h1-5,10,13,21H,6-8,20H2,(H,22,23). The van der Waals surface area contributed by atoms with Crippen LogP contribution in [0.1, 0.15) is 33.8 Å². The molecule has 1 aliphatic carbocycles. The first-order chi connectivity index (χ1) is 12.8. The summed E-state index contributed by atoms with van der Waals surface area (Å²) in [5.41, 5.74) is 6.08. The van der Waals surface area contributed by atoms with Gasteiger partial charge in [-0.15, -0.1) is 0 Å². The van der Waals surface area contributed by atoms with Crippen LogP contribution in [0.25, 0.3) is 0 Å². The molecule has 2 unspecified atom stereocenters. The highest BCUT2D eigenvalue weighted by molar-refractivity contribution is 7.92. The minimum atomic E-state index is -4.17. The van der Waals surface area contributed by atoms with Crippen LogP contribution in [0.3, 0.4) is 0 Å². The van der Waals surface area contributed by atoms with E-state index in [0.29, 0.717) is 12.5 Å². The highest BCUT2D eigenvalue weighted by Gasteiger charge is 2.45. The normalized spacial score (nSPS) is 20.2. The van der Waals surface area contributed by atoms with E-state index in [2.05, 4.69) is 4.72 Å². The van der Waals surface area contributed by atoms with Crippen molar-refractivity contribution in [3.63, 3.8) is 0 Å². The van der Waals surface area contributed by atoms with Crippen molar-refractivity contribution < 1.29 is 27.4 Å². The number of anilines is 1. The maximum atomic E-state index is 13.4. The molecule has 1 saturated carbocycles. The van der Waals surface area contributed by atoms with Gasteiger partial charge in [0.2, 0.25) is 0 Å². The van der Waals surface area contributed by atoms with E-state index in [9.17, 15) is 22.7 Å². The lowest BCUT2D eigenvalue weighted by Crippen LogP contribution is -2.20. The molecule has 7 nitrogen and oxygen atoms in total. The van der Waals surface area contributed by atoms with Gasteiger partial charge in [0.05, 0.1) is 17.2 Å². The summed E-state index contributed by atoms with van der Waals surface area (Å²) in [5.74, 6) is -1.03. The third-order valence-corrected chi connectivity index (χ3v) is 6.41. The van der Waals surface area contributed by atoms with Crippen LogP contribution in [-0.2, 0) is 16.6 Å². The topological polar surface area (TPSA) is 119 Å². The number of carbonyl (C=O) groups is 1. The van der Waals surface area contributed by atoms with Gasteiger partial charge in [-0.05, 0) is 47.7 Å². The molecule has 4 rings (SSSR count). The number of benzene rings is 2. The van der Waals surface area contributed by atoms with Crippen LogP contribution in [-0.4, -0.2) is 26.1 Å². The summed E-state index contributed by atoms with van der Waals surface area (Å²) in [7, 11) is -4.17. The Balaban J connectivity index is 1.77. The van der Waals surface area contributed by atoms with E-state index >= 15 is 0 Å². The van der Waals surface area contributed by atoms with Gasteiger partial charge in [-0.2, -0.15) is 0 Å². The lowest BCUT2D eigenvalue weighted by atomic mass is 10.0. The fraction of sp³-hybridized carbons (Fsp3) is 0.278. The molecule has 0 saturated heterocycles. The number of sulfonamides is 1. The zero-order chi connectivity index (χ0) is 19.3. The first kappa shape index (κ1) is 17.7. The van der Waals surface area contributed by atoms with Crippen molar-refractivity contribution in [1.29, 1.82) is 0 Å². The summed E-state index contributed by atoms with van der Waals surface area (Å²) in [6.07, 6.45) is 0.937. The number of ether oxygens (including phenoxy) is 1. The fourth-order valence-electron chi connectivity index (χ4n) is 3.52. The van der Waals surface area contributed by atoms with Gasteiger partial charge < -0.3 is 15.6 Å². The van der Waals surface area contributed by atoms with E-state index in [1.807, 2.05) is 0 Å². The molecule has 0 aromatic heterocycles. The zero-order valence-electron chi connectivity index (χ0n) is 14.1. The largest absolute Gasteiger partial charge is 0.492 e. The van der Waals surface area contributed by atoms with E-state index in [1.54, 1.807) is 6.07 Å². The molecule has 2 aliphatic rings. The molecule has 2 aromatic carbocycles. The molecule has 1 fully saturated rings. The number of hydrogen-bond acceptors (Lipinski definition) is 5. The van der Waals surface area contributed by atoms with Gasteiger partial charge in [-0.3, -0.25) is 4.72 Å². The van der Waals surface area contributed by atoms with Crippen molar-refractivity contribution in [3.8, 4) is 5.75 Å². The summed E-state index contributed by atoms with van der Waals surface area (Å²) < 4.78 is 46.9. The number of halogens is 1. The van der Waals surface area contributed by atoms with Gasteiger partial charge >= 0.3 is 5.97 Å². The Morgan fingerprint density at radius 3 is 2.81 bits per heavy atom. The van der Waals surface area contributed by atoms with Gasteiger partial charge in [-0.25, -0.2) is 17.6 Å². The maximum absolute atomic E-state index is 13.4. The molecule has 1 aliphatic heterocycles. The molecule has 2 aromatic rings. The summed E-state index contributed by atoms with van der Waals surface area (Å²) in [6.45, 7) is 0.236. The monoisotopic (exact) mass is 392 g/mol. The molecular weight excluding hydrogens is 375 g/mol. The Morgan fingerprint density at radius 1 is 1.33 bits per heavy atom. The highest BCUT2D eigenvalue weighted by atomic mass is 32.2. The van der Waals surface area contributed by atoms with Gasteiger partial charge in [0.25, 0.3) is 10.0 Å². The van der Waals surface area contributed by atoms with Crippen LogP contribution in [0.5, 0.6) is 5.75 Å². The van der Waals surface area contributed by atoms with Gasteiger partial charge in [0.15, 0.2) is 0 Å². The van der Waals surface area contributed by atoms with Gasteiger partial charge in [-0.1, -0.05) is 6.07 Å². The van der Waals surface area contributed by atoms with Crippen LogP contribution in [0, 0.1) is 11.7 Å². The lowest BCUT2D eigenvalue weighted by Gasteiger charge is -2.21. The van der Waals surface area contributed by atoms with Crippen LogP contribution < -0.4 is 15.2 Å². The number of fused-ring (bicyclic) bond motifs is 3. The van der Waals surface area contributed by atoms with E-state index in [-0.39, 0.29) is 39.9 Å². The molecule has 27 heavy (non-hydrogen) atoms. The molecule has 9 heteroatoms. The summed E-state index contributed by atoms with van der Waals surface area (Å²) in [5, 5.41) is 9.64. The molecule has 0 bridgehead atoms. The Morgan fingerprint density at radius 2 is 2.11 bits per heavy atom. The number of carboxylic acids is 1.